The van der Waals surface area contributed by atoms with Crippen molar-refractivity contribution in [3.8, 4) is 5.75 Å². The highest BCUT2D eigenvalue weighted by atomic mass is 16.5. The van der Waals surface area contributed by atoms with Crippen LogP contribution >= 0.6 is 0 Å². The van der Waals surface area contributed by atoms with Gasteiger partial charge >= 0.3 is 0 Å². The van der Waals surface area contributed by atoms with Gasteiger partial charge in [0.2, 0.25) is 0 Å². The maximum Gasteiger partial charge on any atom is 0.251 e. The van der Waals surface area contributed by atoms with Crippen molar-refractivity contribution in [1.29, 1.82) is 0 Å². The molecule has 0 spiro atoms. The lowest BCUT2D eigenvalue weighted by atomic mass is 10.1. The van der Waals surface area contributed by atoms with Crippen LogP contribution in [-0.4, -0.2) is 20.8 Å². The monoisotopic (exact) mass is 368 g/mol. The maximum absolute atomic E-state index is 12.5. The van der Waals surface area contributed by atoms with Crippen molar-refractivity contribution >= 4 is 5.91 Å². The highest BCUT2D eigenvalue weighted by Crippen LogP contribution is 2.19. The van der Waals surface area contributed by atoms with E-state index in [2.05, 4.69) is 15.6 Å². The number of hydrogen-bond donors (Lipinski definition) is 1. The molecule has 1 unspecified atom stereocenters. The van der Waals surface area contributed by atoms with Gasteiger partial charge in [-0.3, -0.25) is 9.48 Å². The summed E-state index contributed by atoms with van der Waals surface area (Å²) in [5.41, 5.74) is 3.32. The number of benzene rings is 1. The van der Waals surface area contributed by atoms with Gasteiger partial charge in [-0.2, -0.15) is 5.10 Å². The van der Waals surface area contributed by atoms with Crippen LogP contribution in [0.5, 0.6) is 5.75 Å². The van der Waals surface area contributed by atoms with Crippen molar-refractivity contribution < 1.29 is 14.1 Å². The second kappa shape index (κ2) is 8.07. The molecule has 27 heavy (non-hydrogen) atoms. The molecule has 7 nitrogen and oxygen atoms in total. The van der Waals surface area contributed by atoms with E-state index in [1.807, 2.05) is 38.4 Å². The minimum atomic E-state index is -0.136. The summed E-state index contributed by atoms with van der Waals surface area (Å²) in [5, 5.41) is 11.2. The Balaban J connectivity index is 1.60. The van der Waals surface area contributed by atoms with E-state index in [4.69, 9.17) is 9.26 Å². The summed E-state index contributed by atoms with van der Waals surface area (Å²) < 4.78 is 12.8. The highest BCUT2D eigenvalue weighted by molar-refractivity contribution is 5.94. The number of ether oxygens (including phenoxy) is 1. The third kappa shape index (κ3) is 4.19. The van der Waals surface area contributed by atoms with E-state index < -0.39 is 0 Å². The van der Waals surface area contributed by atoms with Crippen molar-refractivity contribution in [2.45, 2.75) is 46.9 Å². The molecule has 2 heterocycles. The van der Waals surface area contributed by atoms with Gasteiger partial charge in [-0.1, -0.05) is 5.16 Å². The standard InChI is InChI=1S/C20H24N4O3/c1-5-24-19(10-11-21-24)14(3)22-20(25)16-6-8-17(9-7-16)26-12-18-13(2)23-27-15(18)4/h6-11,14H,5,12H2,1-4H3,(H,22,25). The summed E-state index contributed by atoms with van der Waals surface area (Å²) in [6.07, 6.45) is 1.74. The zero-order valence-electron chi connectivity index (χ0n) is 16.0. The molecule has 0 radical (unpaired) electrons. The lowest BCUT2D eigenvalue weighted by Gasteiger charge is -2.15. The molecule has 3 rings (SSSR count). The van der Waals surface area contributed by atoms with Gasteiger partial charge in [0.25, 0.3) is 5.91 Å². The molecule has 1 aromatic carbocycles. The Morgan fingerprint density at radius 1 is 1.26 bits per heavy atom. The first-order chi connectivity index (χ1) is 13.0. The van der Waals surface area contributed by atoms with E-state index in [0.29, 0.717) is 17.9 Å². The molecule has 7 heteroatoms. The summed E-state index contributed by atoms with van der Waals surface area (Å²) in [6, 6.07) is 8.86. The van der Waals surface area contributed by atoms with Crippen molar-refractivity contribution in [3.05, 3.63) is 64.8 Å². The fourth-order valence-corrected chi connectivity index (χ4v) is 2.89. The van der Waals surface area contributed by atoms with Crippen LogP contribution in [0.25, 0.3) is 0 Å². The Morgan fingerprint density at radius 3 is 2.63 bits per heavy atom. The van der Waals surface area contributed by atoms with Crippen molar-refractivity contribution in [3.63, 3.8) is 0 Å². The molecule has 142 valence electrons. The minimum absolute atomic E-state index is 0.129. The van der Waals surface area contributed by atoms with Crippen molar-refractivity contribution in [1.82, 2.24) is 20.3 Å². The van der Waals surface area contributed by atoms with E-state index >= 15 is 0 Å². The van der Waals surface area contributed by atoms with Gasteiger partial charge in [-0.15, -0.1) is 0 Å². The van der Waals surface area contributed by atoms with Crippen LogP contribution in [0.2, 0.25) is 0 Å². The molecule has 0 bridgehead atoms. The maximum atomic E-state index is 12.5. The number of aromatic nitrogens is 3. The molecular weight excluding hydrogens is 344 g/mol. The number of amides is 1. The van der Waals surface area contributed by atoms with E-state index in [1.165, 1.54) is 0 Å². The second-order valence-corrected chi connectivity index (χ2v) is 6.38. The predicted molar refractivity (Wildman–Crippen MR) is 101 cm³/mol. The largest absolute Gasteiger partial charge is 0.489 e. The number of hydrogen-bond acceptors (Lipinski definition) is 5. The molecule has 0 aliphatic carbocycles. The number of nitrogens with zero attached hydrogens (tertiary/aromatic N) is 3. The zero-order valence-corrected chi connectivity index (χ0v) is 16.0. The Hall–Kier alpha value is -3.09. The van der Waals surface area contributed by atoms with Gasteiger partial charge in [-0.25, -0.2) is 0 Å². The molecule has 0 aliphatic rings. The quantitative estimate of drug-likeness (QED) is 0.689. The Morgan fingerprint density at radius 2 is 2.00 bits per heavy atom. The summed E-state index contributed by atoms with van der Waals surface area (Å²) in [7, 11) is 0. The second-order valence-electron chi connectivity index (χ2n) is 6.38. The molecule has 0 saturated carbocycles. The van der Waals surface area contributed by atoms with E-state index in [0.717, 1.165) is 29.3 Å². The fourth-order valence-electron chi connectivity index (χ4n) is 2.89. The number of carbonyl (C=O) groups is 1. The average Bonchev–Trinajstić information content (AvgIpc) is 3.27. The molecule has 0 fully saturated rings. The van der Waals surface area contributed by atoms with Gasteiger partial charge < -0.3 is 14.6 Å². The van der Waals surface area contributed by atoms with Crippen molar-refractivity contribution in [2.75, 3.05) is 0 Å². The minimum Gasteiger partial charge on any atom is -0.489 e. The SMILES string of the molecule is CCn1nccc1C(C)NC(=O)c1ccc(OCc2c(C)noc2C)cc1. The number of aryl methyl sites for hydroxylation is 3. The topological polar surface area (TPSA) is 82.2 Å². The Kier molecular flexibility index (Phi) is 5.59. The van der Waals surface area contributed by atoms with Gasteiger partial charge in [0.05, 0.1) is 23.0 Å². The normalized spacial score (nSPS) is 12.0. The van der Waals surface area contributed by atoms with E-state index in [9.17, 15) is 4.79 Å². The molecule has 1 amide bonds. The van der Waals surface area contributed by atoms with Crippen LogP contribution in [0.15, 0.2) is 41.1 Å². The smallest absolute Gasteiger partial charge is 0.251 e. The molecule has 2 aromatic heterocycles. The van der Waals surface area contributed by atoms with Gasteiger partial charge in [-0.05, 0) is 58.0 Å². The lowest BCUT2D eigenvalue weighted by Crippen LogP contribution is -2.28. The summed E-state index contributed by atoms with van der Waals surface area (Å²) in [4.78, 5) is 12.5. The first-order valence-corrected chi connectivity index (χ1v) is 8.96. The molecule has 0 saturated heterocycles. The van der Waals surface area contributed by atoms with Gasteiger partial charge in [0.1, 0.15) is 18.1 Å². The summed E-state index contributed by atoms with van der Waals surface area (Å²) >= 11 is 0. The van der Waals surface area contributed by atoms with Crippen LogP contribution in [0, 0.1) is 13.8 Å². The first-order valence-electron chi connectivity index (χ1n) is 8.96. The fraction of sp³-hybridized carbons (Fsp3) is 0.350. The number of rotatable bonds is 7. The van der Waals surface area contributed by atoms with E-state index in [1.54, 1.807) is 30.5 Å². The molecule has 1 N–H and O–H groups in total. The molecule has 1 atom stereocenters. The third-order valence-corrected chi connectivity index (χ3v) is 4.52. The van der Waals surface area contributed by atoms with Crippen LogP contribution in [0.4, 0.5) is 0 Å². The van der Waals surface area contributed by atoms with Crippen LogP contribution in [-0.2, 0) is 13.2 Å². The van der Waals surface area contributed by atoms with Crippen molar-refractivity contribution in [2.24, 2.45) is 0 Å². The lowest BCUT2D eigenvalue weighted by molar-refractivity contribution is 0.0938. The predicted octanol–water partition coefficient (Wildman–Crippen LogP) is 3.58. The number of carbonyl (C=O) groups excluding carboxylic acids is 1. The molecule has 3 aromatic rings. The van der Waals surface area contributed by atoms with Gasteiger partial charge in [0.15, 0.2) is 0 Å². The summed E-state index contributed by atoms with van der Waals surface area (Å²) in [5.74, 6) is 1.30. The van der Waals surface area contributed by atoms with Gasteiger partial charge in [0, 0.05) is 18.3 Å². The summed E-state index contributed by atoms with van der Waals surface area (Å²) in [6.45, 7) is 8.85. The molecule has 0 aliphatic heterocycles. The van der Waals surface area contributed by atoms with Crippen LogP contribution in [0.1, 0.15) is 53.0 Å². The van der Waals surface area contributed by atoms with E-state index in [-0.39, 0.29) is 11.9 Å². The number of nitrogens with one attached hydrogen (secondary N) is 1. The average molecular weight is 368 g/mol. The third-order valence-electron chi connectivity index (χ3n) is 4.52. The first kappa shape index (κ1) is 18.7. The zero-order chi connectivity index (χ0) is 19.4. The Bertz CT molecular complexity index is 892. The van der Waals surface area contributed by atoms with Crippen LogP contribution in [0.3, 0.4) is 0 Å². The highest BCUT2D eigenvalue weighted by Gasteiger charge is 2.15. The van der Waals surface area contributed by atoms with Crippen LogP contribution < -0.4 is 10.1 Å². The Labute approximate surface area is 158 Å². The molecular formula is C20H24N4O3.